The Hall–Kier alpha value is -1.62. The molecule has 0 fully saturated rings. The number of aryl methyl sites for hydroxylation is 2. The predicted molar refractivity (Wildman–Crippen MR) is 83.8 cm³/mol. The van der Waals surface area contributed by atoms with E-state index in [1.54, 1.807) is 31.3 Å². The van der Waals surface area contributed by atoms with Crippen LogP contribution in [0.4, 0.5) is 0 Å². The van der Waals surface area contributed by atoms with Crippen LogP contribution < -0.4 is 11.2 Å². The summed E-state index contributed by atoms with van der Waals surface area (Å²) in [6.07, 6.45) is 3.96. The Morgan fingerprint density at radius 3 is 2.43 bits per heavy atom. The largest absolute Gasteiger partial charge is 0.332 e. The van der Waals surface area contributed by atoms with Crippen LogP contribution in [0.25, 0.3) is 11.2 Å². The van der Waals surface area contributed by atoms with Gasteiger partial charge in [-0.1, -0.05) is 0 Å². The Kier molecular flexibility index (Phi) is 4.23. The van der Waals surface area contributed by atoms with Gasteiger partial charge in [0.1, 0.15) is 0 Å². The highest BCUT2D eigenvalue weighted by Crippen LogP contribution is 2.36. The molecule has 0 aliphatic heterocycles. The van der Waals surface area contributed by atoms with Crippen molar-refractivity contribution in [1.82, 2.24) is 18.7 Å². The molecule has 116 valence electrons. The highest BCUT2D eigenvalue weighted by atomic mass is 31.2. The van der Waals surface area contributed by atoms with E-state index in [0.29, 0.717) is 23.9 Å². The highest BCUT2D eigenvalue weighted by molar-refractivity contribution is 7.62. The van der Waals surface area contributed by atoms with Gasteiger partial charge in [0.15, 0.2) is 11.2 Å². The van der Waals surface area contributed by atoms with E-state index in [0.717, 1.165) is 17.4 Å². The highest BCUT2D eigenvalue weighted by Gasteiger charge is 2.14. The van der Waals surface area contributed by atoms with Gasteiger partial charge in [0, 0.05) is 26.8 Å². The lowest BCUT2D eigenvalue weighted by molar-refractivity contribution is 0.575. The minimum atomic E-state index is -1.99. The molecule has 2 aromatic rings. The van der Waals surface area contributed by atoms with Crippen molar-refractivity contribution in [2.24, 2.45) is 14.1 Å². The van der Waals surface area contributed by atoms with E-state index >= 15 is 0 Å². The quantitative estimate of drug-likeness (QED) is 0.605. The lowest BCUT2D eigenvalue weighted by Crippen LogP contribution is -2.37. The normalized spacial score (nSPS) is 12.2. The van der Waals surface area contributed by atoms with Crippen LogP contribution in [0.1, 0.15) is 12.8 Å². The molecule has 0 N–H and O–H groups in total. The average molecular weight is 312 g/mol. The molecule has 0 radical (unpaired) electrons. The fraction of sp³-hybridized carbons (Fsp3) is 0.615. The summed E-state index contributed by atoms with van der Waals surface area (Å²) in [6.45, 7) is 4.19. The maximum Gasteiger partial charge on any atom is 0.332 e. The Morgan fingerprint density at radius 1 is 1.14 bits per heavy atom. The molecule has 0 unspecified atom stereocenters. The minimum Gasteiger partial charge on any atom is -0.325 e. The minimum absolute atomic E-state index is 0.331. The Bertz CT molecular complexity index is 824. The van der Waals surface area contributed by atoms with E-state index in [1.807, 2.05) is 0 Å². The van der Waals surface area contributed by atoms with Gasteiger partial charge in [0.2, 0.25) is 0 Å². The third-order valence-corrected chi connectivity index (χ3v) is 4.96. The summed E-state index contributed by atoms with van der Waals surface area (Å²) in [4.78, 5) is 28.2. The molecule has 2 heterocycles. The Morgan fingerprint density at radius 2 is 1.81 bits per heavy atom. The molecule has 2 aromatic heterocycles. The first-order chi connectivity index (χ1) is 9.72. The zero-order chi connectivity index (χ0) is 15.8. The van der Waals surface area contributed by atoms with Gasteiger partial charge in [-0.05, 0) is 26.2 Å². The van der Waals surface area contributed by atoms with E-state index in [2.05, 4.69) is 4.98 Å². The Balaban J connectivity index is 2.29. The van der Waals surface area contributed by atoms with Crippen molar-refractivity contribution in [2.75, 3.05) is 19.5 Å². The van der Waals surface area contributed by atoms with Crippen LogP contribution in [-0.4, -0.2) is 38.2 Å². The molecule has 0 aromatic carbocycles. The van der Waals surface area contributed by atoms with Crippen LogP contribution in [0.3, 0.4) is 0 Å². The third-order valence-electron chi connectivity index (χ3n) is 3.56. The lowest BCUT2D eigenvalue weighted by Gasteiger charge is -2.08. The van der Waals surface area contributed by atoms with Crippen molar-refractivity contribution >= 4 is 18.3 Å². The Labute approximate surface area is 122 Å². The fourth-order valence-electron chi connectivity index (χ4n) is 2.34. The monoisotopic (exact) mass is 312 g/mol. The molecule has 0 saturated carbocycles. The van der Waals surface area contributed by atoms with Gasteiger partial charge < -0.3 is 9.13 Å². The molecular weight excluding hydrogens is 291 g/mol. The smallest absolute Gasteiger partial charge is 0.325 e. The number of rotatable bonds is 5. The second kappa shape index (κ2) is 5.64. The van der Waals surface area contributed by atoms with Crippen LogP contribution in [0, 0.1) is 0 Å². The van der Waals surface area contributed by atoms with Crippen LogP contribution in [-0.2, 0) is 25.2 Å². The number of imidazole rings is 1. The zero-order valence-electron chi connectivity index (χ0n) is 12.9. The molecule has 0 amide bonds. The van der Waals surface area contributed by atoms with Crippen LogP contribution in [0.5, 0.6) is 0 Å². The molecule has 0 aliphatic rings. The van der Waals surface area contributed by atoms with Crippen molar-refractivity contribution < 1.29 is 4.57 Å². The van der Waals surface area contributed by atoms with E-state index < -0.39 is 7.14 Å². The summed E-state index contributed by atoms with van der Waals surface area (Å²) in [5.74, 6) is 0. The van der Waals surface area contributed by atoms with Gasteiger partial charge >= 0.3 is 5.69 Å². The summed E-state index contributed by atoms with van der Waals surface area (Å²) in [5, 5.41) is 0. The molecule has 0 aliphatic carbocycles. The molecule has 0 spiro atoms. The van der Waals surface area contributed by atoms with E-state index in [-0.39, 0.29) is 11.2 Å². The number of aromatic nitrogens is 4. The van der Waals surface area contributed by atoms with E-state index in [4.69, 9.17) is 0 Å². The lowest BCUT2D eigenvalue weighted by atomic mass is 10.3. The van der Waals surface area contributed by atoms with Gasteiger partial charge in [-0.3, -0.25) is 13.9 Å². The van der Waals surface area contributed by atoms with Gasteiger partial charge in [0.05, 0.1) is 13.5 Å². The maximum absolute atomic E-state index is 12.2. The zero-order valence-corrected chi connectivity index (χ0v) is 13.8. The summed E-state index contributed by atoms with van der Waals surface area (Å²) in [7, 11) is 1.08. The van der Waals surface area contributed by atoms with Gasteiger partial charge in [0.25, 0.3) is 5.56 Å². The van der Waals surface area contributed by atoms with Crippen LogP contribution in [0.15, 0.2) is 15.9 Å². The number of nitrogens with zero attached hydrogens (tertiary/aromatic N) is 4. The van der Waals surface area contributed by atoms with Gasteiger partial charge in [-0.25, -0.2) is 9.78 Å². The first kappa shape index (κ1) is 15.8. The summed E-state index contributed by atoms with van der Waals surface area (Å²) in [6, 6.07) is 0. The van der Waals surface area contributed by atoms with Crippen LogP contribution >= 0.6 is 7.14 Å². The molecule has 0 atom stereocenters. The number of hydrogen-bond donors (Lipinski definition) is 0. The topological polar surface area (TPSA) is 78.9 Å². The maximum atomic E-state index is 12.2. The second-order valence-corrected chi connectivity index (χ2v) is 9.42. The molecule has 21 heavy (non-hydrogen) atoms. The van der Waals surface area contributed by atoms with Crippen molar-refractivity contribution in [1.29, 1.82) is 0 Å². The van der Waals surface area contributed by atoms with Crippen molar-refractivity contribution in [3.63, 3.8) is 0 Å². The first-order valence-corrected chi connectivity index (χ1v) is 9.66. The number of fused-ring (bicyclic) bond motifs is 1. The van der Waals surface area contributed by atoms with E-state index in [9.17, 15) is 14.2 Å². The fourth-order valence-corrected chi connectivity index (χ4v) is 3.33. The standard InChI is InChI=1S/C13H21N4O3P/c1-15-11-10(12(18)16(2)13(15)19)17(9-14-11)7-5-6-8-21(3,4)20/h9H,5-8H2,1-4H3. The van der Waals surface area contributed by atoms with Gasteiger partial charge in [-0.15, -0.1) is 0 Å². The van der Waals surface area contributed by atoms with Gasteiger partial charge in [-0.2, -0.15) is 0 Å². The molecule has 0 saturated heterocycles. The van der Waals surface area contributed by atoms with Crippen molar-refractivity contribution in [3.8, 4) is 0 Å². The van der Waals surface area contributed by atoms with Crippen molar-refractivity contribution in [2.45, 2.75) is 19.4 Å². The molecule has 2 rings (SSSR count). The molecular formula is C13H21N4O3P. The number of unbranched alkanes of at least 4 members (excludes halogenated alkanes) is 1. The van der Waals surface area contributed by atoms with Crippen molar-refractivity contribution in [3.05, 3.63) is 27.2 Å². The molecule has 0 bridgehead atoms. The number of hydrogen-bond acceptors (Lipinski definition) is 4. The summed E-state index contributed by atoms with van der Waals surface area (Å²) in [5.41, 5.74) is 0.133. The van der Waals surface area contributed by atoms with Crippen LogP contribution in [0.2, 0.25) is 0 Å². The van der Waals surface area contributed by atoms with E-state index in [1.165, 1.54) is 11.6 Å². The first-order valence-electron chi connectivity index (χ1n) is 6.87. The second-order valence-electron chi connectivity index (χ2n) is 5.82. The average Bonchev–Trinajstić information content (AvgIpc) is 2.82. The SMILES string of the molecule is Cn1c(=O)c2c(ncn2CCCCP(C)(C)=O)n(C)c1=O. The molecule has 8 heteroatoms. The third kappa shape index (κ3) is 3.18. The summed E-state index contributed by atoms with van der Waals surface area (Å²) < 4.78 is 15.9. The summed E-state index contributed by atoms with van der Waals surface area (Å²) >= 11 is 0. The predicted octanol–water partition coefficient (Wildman–Crippen LogP) is 0.837. The molecule has 7 nitrogen and oxygen atoms in total.